The molecule has 0 bridgehead atoms. The van der Waals surface area contributed by atoms with Crippen LogP contribution in [0.5, 0.6) is 0 Å². The molecule has 1 aliphatic heterocycles. The summed E-state index contributed by atoms with van der Waals surface area (Å²) in [6.07, 6.45) is 0. The second-order valence-electron chi connectivity index (χ2n) is 3.61. The number of hydrogen-bond acceptors (Lipinski definition) is 3. The highest BCUT2D eigenvalue weighted by atomic mass is 32.2. The summed E-state index contributed by atoms with van der Waals surface area (Å²) in [6, 6.07) is 6.18. The van der Waals surface area contributed by atoms with Crippen LogP contribution in [0.25, 0.3) is 0 Å². The Labute approximate surface area is 95.9 Å². The number of rotatable bonds is 1. The lowest BCUT2D eigenvalue weighted by Crippen LogP contribution is -2.38. The van der Waals surface area contributed by atoms with Crippen molar-refractivity contribution in [3.63, 3.8) is 0 Å². The van der Waals surface area contributed by atoms with Gasteiger partial charge in [0.2, 0.25) is 0 Å². The average Bonchev–Trinajstić information content (AvgIpc) is 2.30. The first-order valence-electron chi connectivity index (χ1n) is 5.00. The van der Waals surface area contributed by atoms with Gasteiger partial charge < -0.3 is 4.90 Å². The lowest BCUT2D eigenvalue weighted by Gasteiger charge is -2.29. The van der Waals surface area contributed by atoms with E-state index < -0.39 is 10.8 Å². The minimum Gasteiger partial charge on any atom is -0.369 e. The normalized spacial score (nSPS) is 17.1. The molecule has 0 amide bonds. The summed E-state index contributed by atoms with van der Waals surface area (Å²) in [5.74, 6) is 0.823. The molecule has 1 aromatic carbocycles. The molecule has 84 valence electrons. The molecule has 0 aromatic heterocycles. The van der Waals surface area contributed by atoms with Crippen molar-refractivity contribution in [3.05, 3.63) is 29.6 Å². The van der Waals surface area contributed by atoms with Crippen LogP contribution in [0, 0.1) is 17.1 Å². The highest BCUT2D eigenvalue weighted by Gasteiger charge is 2.18. The van der Waals surface area contributed by atoms with Gasteiger partial charge in [-0.15, -0.1) is 0 Å². The van der Waals surface area contributed by atoms with Gasteiger partial charge in [-0.2, -0.15) is 5.26 Å². The highest BCUT2D eigenvalue weighted by Crippen LogP contribution is 2.22. The van der Waals surface area contributed by atoms with Gasteiger partial charge in [0, 0.05) is 35.4 Å². The van der Waals surface area contributed by atoms with Gasteiger partial charge in [-0.05, 0) is 18.2 Å². The fourth-order valence-electron chi connectivity index (χ4n) is 1.74. The van der Waals surface area contributed by atoms with Crippen LogP contribution in [0.15, 0.2) is 18.2 Å². The van der Waals surface area contributed by atoms with Crippen LogP contribution in [0.2, 0.25) is 0 Å². The van der Waals surface area contributed by atoms with E-state index in [9.17, 15) is 8.60 Å². The maximum absolute atomic E-state index is 13.1. The van der Waals surface area contributed by atoms with Gasteiger partial charge in [0.15, 0.2) is 0 Å². The molecule has 5 heteroatoms. The third-order valence-corrected chi connectivity index (χ3v) is 3.87. The molecule has 0 spiro atoms. The summed E-state index contributed by atoms with van der Waals surface area (Å²) in [4.78, 5) is 1.92. The van der Waals surface area contributed by atoms with Crippen molar-refractivity contribution in [3.8, 4) is 6.07 Å². The predicted octanol–water partition coefficient (Wildman–Crippen LogP) is 1.27. The Bertz CT molecular complexity index is 460. The number of anilines is 1. The average molecular weight is 238 g/mol. The first kappa shape index (κ1) is 11.1. The van der Waals surface area contributed by atoms with E-state index in [0.29, 0.717) is 35.8 Å². The van der Waals surface area contributed by atoms with Crippen molar-refractivity contribution in [1.82, 2.24) is 0 Å². The first-order valence-corrected chi connectivity index (χ1v) is 6.49. The van der Waals surface area contributed by atoms with E-state index in [2.05, 4.69) is 0 Å². The van der Waals surface area contributed by atoms with Crippen molar-refractivity contribution in [2.75, 3.05) is 29.5 Å². The van der Waals surface area contributed by atoms with Gasteiger partial charge in [-0.1, -0.05) is 0 Å². The second kappa shape index (κ2) is 4.62. The van der Waals surface area contributed by atoms with Crippen molar-refractivity contribution in [2.45, 2.75) is 0 Å². The maximum atomic E-state index is 13.1. The van der Waals surface area contributed by atoms with E-state index in [1.807, 2.05) is 11.0 Å². The molecule has 2 rings (SSSR count). The minimum atomic E-state index is -0.767. The van der Waals surface area contributed by atoms with Gasteiger partial charge in [0.1, 0.15) is 11.9 Å². The van der Waals surface area contributed by atoms with E-state index in [0.717, 1.165) is 0 Å². The van der Waals surface area contributed by atoms with Crippen LogP contribution in [-0.4, -0.2) is 28.8 Å². The summed E-state index contributed by atoms with van der Waals surface area (Å²) in [7, 11) is -0.767. The molecule has 0 N–H and O–H groups in total. The third kappa shape index (κ3) is 2.22. The monoisotopic (exact) mass is 238 g/mol. The van der Waals surface area contributed by atoms with Crippen molar-refractivity contribution < 1.29 is 8.60 Å². The van der Waals surface area contributed by atoms with Crippen molar-refractivity contribution in [2.24, 2.45) is 0 Å². The molecule has 3 nitrogen and oxygen atoms in total. The number of nitriles is 1. The van der Waals surface area contributed by atoms with Crippen molar-refractivity contribution >= 4 is 16.5 Å². The number of benzene rings is 1. The molecule has 0 unspecified atom stereocenters. The lowest BCUT2D eigenvalue weighted by atomic mass is 10.1. The zero-order valence-electron chi connectivity index (χ0n) is 8.65. The zero-order valence-corrected chi connectivity index (χ0v) is 9.47. The molecule has 0 aliphatic carbocycles. The van der Waals surface area contributed by atoms with Gasteiger partial charge in [0.25, 0.3) is 0 Å². The topological polar surface area (TPSA) is 44.1 Å². The van der Waals surface area contributed by atoms with Crippen LogP contribution in [0.1, 0.15) is 5.56 Å². The Kier molecular flexibility index (Phi) is 3.20. The molecule has 1 fully saturated rings. The predicted molar refractivity (Wildman–Crippen MR) is 61.2 cm³/mol. The maximum Gasteiger partial charge on any atom is 0.125 e. The van der Waals surface area contributed by atoms with Gasteiger partial charge in [-0.3, -0.25) is 4.21 Å². The summed E-state index contributed by atoms with van der Waals surface area (Å²) >= 11 is 0. The quantitative estimate of drug-likeness (QED) is 0.740. The fourth-order valence-corrected chi connectivity index (χ4v) is 2.79. The molecule has 0 atom stereocenters. The van der Waals surface area contributed by atoms with Crippen LogP contribution >= 0.6 is 0 Å². The molecule has 1 heterocycles. The van der Waals surface area contributed by atoms with Crippen LogP contribution < -0.4 is 4.90 Å². The summed E-state index contributed by atoms with van der Waals surface area (Å²) in [5.41, 5.74) is 1.08. The number of hydrogen-bond donors (Lipinski definition) is 0. The molecule has 1 saturated heterocycles. The van der Waals surface area contributed by atoms with Gasteiger partial charge >= 0.3 is 0 Å². The third-order valence-electron chi connectivity index (χ3n) is 2.60. The van der Waals surface area contributed by atoms with Gasteiger partial charge in [-0.25, -0.2) is 4.39 Å². The molecule has 1 aliphatic rings. The smallest absolute Gasteiger partial charge is 0.125 e. The molecule has 0 radical (unpaired) electrons. The Morgan fingerprint density at radius 3 is 2.69 bits per heavy atom. The molecule has 16 heavy (non-hydrogen) atoms. The second-order valence-corrected chi connectivity index (χ2v) is 5.30. The van der Waals surface area contributed by atoms with Crippen LogP contribution in [0.4, 0.5) is 10.1 Å². The highest BCUT2D eigenvalue weighted by molar-refractivity contribution is 7.85. The summed E-state index contributed by atoms with van der Waals surface area (Å²) in [5, 5.41) is 8.93. The molecule has 0 saturated carbocycles. The SMILES string of the molecule is N#Cc1ccc(F)cc1N1CCS(=O)CC1. The Balaban J connectivity index is 2.29. The minimum absolute atomic E-state index is 0.347. The Hall–Kier alpha value is -1.41. The summed E-state index contributed by atoms with van der Waals surface area (Å²) in [6.45, 7) is 1.23. The standard InChI is InChI=1S/C11H11FN2OS/c12-10-2-1-9(8-13)11(7-10)14-3-5-16(15)6-4-14/h1-2,7H,3-6H2. The van der Waals surface area contributed by atoms with E-state index in [1.54, 1.807) is 0 Å². The van der Waals surface area contributed by atoms with Crippen molar-refractivity contribution in [1.29, 1.82) is 5.26 Å². The molecule has 1 aromatic rings. The zero-order chi connectivity index (χ0) is 11.5. The van der Waals surface area contributed by atoms with Crippen LogP contribution in [-0.2, 0) is 10.8 Å². The molecular formula is C11H11FN2OS. The lowest BCUT2D eigenvalue weighted by molar-refractivity contribution is 0.626. The molecular weight excluding hydrogens is 227 g/mol. The Morgan fingerprint density at radius 2 is 2.06 bits per heavy atom. The Morgan fingerprint density at radius 1 is 1.38 bits per heavy atom. The van der Waals surface area contributed by atoms with E-state index in [4.69, 9.17) is 5.26 Å². The van der Waals surface area contributed by atoms with E-state index in [1.165, 1.54) is 18.2 Å². The van der Waals surface area contributed by atoms with E-state index >= 15 is 0 Å². The van der Waals surface area contributed by atoms with Crippen LogP contribution in [0.3, 0.4) is 0 Å². The summed E-state index contributed by atoms with van der Waals surface area (Å²) < 4.78 is 24.3. The number of halogens is 1. The van der Waals surface area contributed by atoms with E-state index in [-0.39, 0.29) is 5.82 Å². The fraction of sp³-hybridized carbons (Fsp3) is 0.364. The number of nitrogens with zero attached hydrogens (tertiary/aromatic N) is 2. The largest absolute Gasteiger partial charge is 0.369 e. The van der Waals surface area contributed by atoms with Gasteiger partial charge in [0.05, 0.1) is 11.3 Å². The first-order chi connectivity index (χ1) is 7.70.